The fourth-order valence-electron chi connectivity index (χ4n) is 3.39. The van der Waals surface area contributed by atoms with Gasteiger partial charge in [-0.2, -0.15) is 0 Å². The monoisotopic (exact) mass is 342 g/mol. The molecule has 1 atom stereocenters. The first-order valence-electron chi connectivity index (χ1n) is 8.55. The fourth-order valence-corrected chi connectivity index (χ4v) is 3.39. The van der Waals surface area contributed by atoms with E-state index in [0.29, 0.717) is 18.3 Å². The topological polar surface area (TPSA) is 81.3 Å². The molecular weight excluding hydrogens is 320 g/mol. The predicted molar refractivity (Wildman–Crippen MR) is 93.2 cm³/mol. The SMILES string of the molecule is Cc1nc([N+](=O)[O-])cn1CC(=O)N1CCCC(c2ccccc2)CC1. The first kappa shape index (κ1) is 17.1. The maximum Gasteiger partial charge on any atom is 0.381 e. The van der Waals surface area contributed by atoms with Crippen LogP contribution in [-0.4, -0.2) is 38.4 Å². The van der Waals surface area contributed by atoms with Crippen molar-refractivity contribution >= 4 is 11.7 Å². The number of aryl methyl sites for hydroxylation is 1. The van der Waals surface area contributed by atoms with Gasteiger partial charge in [-0.25, -0.2) is 0 Å². The molecule has 1 aliphatic rings. The van der Waals surface area contributed by atoms with E-state index >= 15 is 0 Å². The van der Waals surface area contributed by atoms with Crippen molar-refractivity contribution in [1.29, 1.82) is 0 Å². The molecule has 7 heteroatoms. The van der Waals surface area contributed by atoms with Crippen molar-refractivity contribution < 1.29 is 9.72 Å². The molecule has 0 bridgehead atoms. The molecule has 1 aromatic heterocycles. The molecule has 0 N–H and O–H groups in total. The van der Waals surface area contributed by atoms with Crippen molar-refractivity contribution in [3.63, 3.8) is 0 Å². The number of nitro groups is 1. The summed E-state index contributed by atoms with van der Waals surface area (Å²) in [6.07, 6.45) is 4.31. The second-order valence-corrected chi connectivity index (χ2v) is 6.45. The largest absolute Gasteiger partial charge is 0.381 e. The number of benzene rings is 1. The quantitative estimate of drug-likeness (QED) is 0.632. The third-order valence-corrected chi connectivity index (χ3v) is 4.81. The molecule has 1 fully saturated rings. The number of carbonyl (C=O) groups excluding carboxylic acids is 1. The molecule has 132 valence electrons. The number of carbonyl (C=O) groups is 1. The van der Waals surface area contributed by atoms with E-state index in [0.717, 1.165) is 25.8 Å². The molecule has 0 saturated carbocycles. The van der Waals surface area contributed by atoms with Crippen molar-refractivity contribution in [3.05, 3.63) is 58.0 Å². The second-order valence-electron chi connectivity index (χ2n) is 6.45. The van der Waals surface area contributed by atoms with Crippen LogP contribution in [-0.2, 0) is 11.3 Å². The van der Waals surface area contributed by atoms with Gasteiger partial charge >= 0.3 is 5.82 Å². The van der Waals surface area contributed by atoms with Gasteiger partial charge in [-0.15, -0.1) is 0 Å². The predicted octanol–water partition coefficient (Wildman–Crippen LogP) is 2.90. The highest BCUT2D eigenvalue weighted by atomic mass is 16.6. The van der Waals surface area contributed by atoms with Crippen LogP contribution in [0.15, 0.2) is 36.5 Å². The highest BCUT2D eigenvalue weighted by molar-refractivity contribution is 5.76. The number of imidazole rings is 1. The van der Waals surface area contributed by atoms with Gasteiger partial charge in [0.2, 0.25) is 11.7 Å². The second kappa shape index (κ2) is 7.46. The lowest BCUT2D eigenvalue weighted by molar-refractivity contribution is -0.389. The van der Waals surface area contributed by atoms with Crippen LogP contribution in [0.1, 0.15) is 36.6 Å². The summed E-state index contributed by atoms with van der Waals surface area (Å²) in [6, 6.07) is 10.4. The molecule has 3 rings (SSSR count). The summed E-state index contributed by atoms with van der Waals surface area (Å²) in [7, 11) is 0. The summed E-state index contributed by atoms with van der Waals surface area (Å²) < 4.78 is 1.56. The normalized spacial score (nSPS) is 18.0. The van der Waals surface area contributed by atoms with Crippen LogP contribution in [0.4, 0.5) is 5.82 Å². The number of likely N-dealkylation sites (tertiary alicyclic amines) is 1. The van der Waals surface area contributed by atoms with Crippen LogP contribution >= 0.6 is 0 Å². The molecular formula is C18H22N4O3. The third kappa shape index (κ3) is 4.04. The van der Waals surface area contributed by atoms with E-state index in [1.165, 1.54) is 11.8 Å². The van der Waals surface area contributed by atoms with Crippen molar-refractivity contribution in [3.8, 4) is 0 Å². The van der Waals surface area contributed by atoms with Gasteiger partial charge in [0.15, 0.2) is 0 Å². The van der Waals surface area contributed by atoms with E-state index in [-0.39, 0.29) is 18.3 Å². The summed E-state index contributed by atoms with van der Waals surface area (Å²) in [5.74, 6) is 0.738. The van der Waals surface area contributed by atoms with Crippen LogP contribution in [0.25, 0.3) is 0 Å². The number of hydrogen-bond acceptors (Lipinski definition) is 4. The van der Waals surface area contributed by atoms with E-state index in [4.69, 9.17) is 0 Å². The van der Waals surface area contributed by atoms with Crippen LogP contribution in [0.3, 0.4) is 0 Å². The lowest BCUT2D eigenvalue weighted by Crippen LogP contribution is -2.34. The van der Waals surface area contributed by atoms with Crippen LogP contribution in [0, 0.1) is 17.0 Å². The first-order valence-corrected chi connectivity index (χ1v) is 8.55. The van der Waals surface area contributed by atoms with E-state index in [9.17, 15) is 14.9 Å². The van der Waals surface area contributed by atoms with E-state index in [2.05, 4.69) is 29.2 Å². The number of aromatic nitrogens is 2. The Kier molecular flexibility index (Phi) is 5.11. The summed E-state index contributed by atoms with van der Waals surface area (Å²) in [4.78, 5) is 28.6. The molecule has 2 heterocycles. The summed E-state index contributed by atoms with van der Waals surface area (Å²) in [5.41, 5.74) is 1.33. The Balaban J connectivity index is 1.62. The Morgan fingerprint density at radius 3 is 2.72 bits per heavy atom. The maximum absolute atomic E-state index is 12.6. The Morgan fingerprint density at radius 2 is 2.04 bits per heavy atom. The molecule has 0 aliphatic carbocycles. The van der Waals surface area contributed by atoms with Gasteiger partial charge in [0.05, 0.1) is 0 Å². The number of hydrogen-bond donors (Lipinski definition) is 0. The van der Waals surface area contributed by atoms with Gasteiger partial charge in [-0.3, -0.25) is 9.36 Å². The average Bonchev–Trinajstić information content (AvgIpc) is 2.83. The highest BCUT2D eigenvalue weighted by Gasteiger charge is 2.23. The van der Waals surface area contributed by atoms with Crippen molar-refractivity contribution in [1.82, 2.24) is 14.5 Å². The van der Waals surface area contributed by atoms with Crippen molar-refractivity contribution in [2.45, 2.75) is 38.6 Å². The molecule has 1 aromatic carbocycles. The lowest BCUT2D eigenvalue weighted by Gasteiger charge is -2.21. The minimum atomic E-state index is -0.537. The van der Waals surface area contributed by atoms with Gasteiger partial charge in [-0.05, 0) is 40.7 Å². The number of amides is 1. The Labute approximate surface area is 146 Å². The summed E-state index contributed by atoms with van der Waals surface area (Å²) in [5, 5.41) is 10.8. The Bertz CT molecular complexity index is 757. The van der Waals surface area contributed by atoms with E-state index in [1.807, 2.05) is 11.0 Å². The standard InChI is InChI=1S/C18H22N4O3/c1-14-19-17(22(24)25)12-21(14)13-18(23)20-10-5-8-16(9-11-20)15-6-3-2-4-7-15/h2-4,6-7,12,16H,5,8-11,13H2,1H3. The smallest absolute Gasteiger partial charge is 0.358 e. The molecule has 1 saturated heterocycles. The van der Waals surface area contributed by atoms with Crippen LogP contribution < -0.4 is 0 Å². The van der Waals surface area contributed by atoms with Gasteiger partial charge in [0.25, 0.3) is 0 Å². The minimum absolute atomic E-state index is 0.0101. The minimum Gasteiger partial charge on any atom is -0.358 e. The molecule has 2 aromatic rings. The van der Waals surface area contributed by atoms with Crippen molar-refractivity contribution in [2.24, 2.45) is 0 Å². The van der Waals surface area contributed by atoms with E-state index in [1.54, 1.807) is 11.5 Å². The molecule has 1 amide bonds. The van der Waals surface area contributed by atoms with Gasteiger partial charge in [-0.1, -0.05) is 30.3 Å². The zero-order valence-electron chi connectivity index (χ0n) is 14.3. The zero-order valence-corrected chi connectivity index (χ0v) is 14.3. The molecule has 1 unspecified atom stereocenters. The maximum atomic E-state index is 12.6. The zero-order chi connectivity index (χ0) is 17.8. The number of rotatable bonds is 4. The van der Waals surface area contributed by atoms with Gasteiger partial charge in [0, 0.05) is 20.0 Å². The molecule has 1 aliphatic heterocycles. The average molecular weight is 342 g/mol. The summed E-state index contributed by atoms with van der Waals surface area (Å²) in [6.45, 7) is 3.23. The third-order valence-electron chi connectivity index (χ3n) is 4.81. The molecule has 25 heavy (non-hydrogen) atoms. The first-order chi connectivity index (χ1) is 12.0. The fraction of sp³-hybridized carbons (Fsp3) is 0.444. The molecule has 7 nitrogen and oxygen atoms in total. The van der Waals surface area contributed by atoms with Gasteiger partial charge < -0.3 is 15.0 Å². The van der Waals surface area contributed by atoms with Gasteiger partial charge in [0.1, 0.15) is 12.7 Å². The van der Waals surface area contributed by atoms with Crippen molar-refractivity contribution in [2.75, 3.05) is 13.1 Å². The van der Waals surface area contributed by atoms with E-state index < -0.39 is 4.92 Å². The molecule has 0 radical (unpaired) electrons. The van der Waals surface area contributed by atoms with Crippen LogP contribution in [0.5, 0.6) is 0 Å². The van der Waals surface area contributed by atoms with Crippen LogP contribution in [0.2, 0.25) is 0 Å². The lowest BCUT2D eigenvalue weighted by atomic mass is 9.92. The molecule has 0 spiro atoms. The summed E-state index contributed by atoms with van der Waals surface area (Å²) >= 11 is 0. The highest BCUT2D eigenvalue weighted by Crippen LogP contribution is 2.28. The Morgan fingerprint density at radius 1 is 1.28 bits per heavy atom. The number of nitrogens with zero attached hydrogens (tertiary/aromatic N) is 4. The Hall–Kier alpha value is -2.70.